The van der Waals surface area contributed by atoms with Crippen LogP contribution in [0.15, 0.2) is 35.4 Å². The number of nitrogens with zero attached hydrogens (tertiary/aromatic N) is 6. The van der Waals surface area contributed by atoms with Crippen LogP contribution in [0.25, 0.3) is 33.0 Å². The van der Waals surface area contributed by atoms with Gasteiger partial charge in [0.1, 0.15) is 17.9 Å². The van der Waals surface area contributed by atoms with Crippen molar-refractivity contribution in [3.05, 3.63) is 47.3 Å². The molecule has 6 rings (SSSR count). The van der Waals surface area contributed by atoms with Crippen LogP contribution in [0, 0.1) is 12.7 Å². The average molecular weight is 622 g/mol. The first-order chi connectivity index (χ1) is 21.2. The van der Waals surface area contributed by atoms with Crippen LogP contribution in [0.1, 0.15) is 38.7 Å². The van der Waals surface area contributed by atoms with E-state index < -0.39 is 5.82 Å². The molecule has 12 heteroatoms. The first kappa shape index (κ1) is 30.1. The van der Waals surface area contributed by atoms with Crippen molar-refractivity contribution in [2.24, 2.45) is 0 Å². The first-order valence-electron chi connectivity index (χ1n) is 15.1. The molecule has 0 spiro atoms. The second-order valence-electron chi connectivity index (χ2n) is 11.8. The number of hydrogen-bond donors (Lipinski definition) is 1. The molecule has 2 aromatic carbocycles. The average Bonchev–Trinajstić information content (AvgIpc) is 3.39. The Kier molecular flexibility index (Phi) is 8.34. The number of nitrogens with two attached hydrogens (primary N) is 1. The summed E-state index contributed by atoms with van der Waals surface area (Å²) < 4.78 is 28.4. The van der Waals surface area contributed by atoms with Gasteiger partial charge in [-0.3, -0.25) is 9.69 Å². The number of piperidine rings is 1. The zero-order valence-electron chi connectivity index (χ0n) is 25.3. The molecule has 0 saturated carbocycles. The highest BCUT2D eigenvalue weighted by molar-refractivity contribution is 6.35. The van der Waals surface area contributed by atoms with Gasteiger partial charge in [-0.05, 0) is 70.5 Å². The summed E-state index contributed by atoms with van der Waals surface area (Å²) in [5.41, 5.74) is 8.09. The lowest BCUT2D eigenvalue weighted by Crippen LogP contribution is -2.58. The van der Waals surface area contributed by atoms with Gasteiger partial charge in [0.2, 0.25) is 5.91 Å². The van der Waals surface area contributed by atoms with Crippen LogP contribution in [0.5, 0.6) is 6.01 Å². The summed E-state index contributed by atoms with van der Waals surface area (Å²) in [6.45, 7) is 13.6. The summed E-state index contributed by atoms with van der Waals surface area (Å²) in [4.78, 5) is 28.2. The van der Waals surface area contributed by atoms with E-state index >= 15 is 4.39 Å². The summed E-state index contributed by atoms with van der Waals surface area (Å²) in [5.74, 6) is -0.0992. The topological polar surface area (TPSA) is 114 Å². The molecule has 2 N–H and O–H groups in total. The van der Waals surface area contributed by atoms with Crippen LogP contribution < -0.4 is 15.4 Å². The van der Waals surface area contributed by atoms with E-state index in [0.29, 0.717) is 47.4 Å². The number of likely N-dealkylation sites (tertiary alicyclic amines) is 1. The molecule has 0 aliphatic carbocycles. The summed E-state index contributed by atoms with van der Waals surface area (Å²) in [5, 5.41) is 5.01. The van der Waals surface area contributed by atoms with Crippen LogP contribution in [-0.4, -0.2) is 82.2 Å². The van der Waals surface area contributed by atoms with Crippen molar-refractivity contribution in [1.82, 2.24) is 24.9 Å². The predicted molar refractivity (Wildman–Crippen MR) is 171 cm³/mol. The van der Waals surface area contributed by atoms with Gasteiger partial charge in [0, 0.05) is 48.2 Å². The molecule has 0 unspecified atom stereocenters. The fraction of sp³-hybridized carbons (Fsp3) is 0.438. The van der Waals surface area contributed by atoms with E-state index in [-0.39, 0.29) is 45.9 Å². The lowest BCUT2D eigenvalue weighted by Gasteiger charge is -2.44. The number of fused-ring (bicyclic) bond motifs is 2. The summed E-state index contributed by atoms with van der Waals surface area (Å²) in [6, 6.07) is 5.07. The molecule has 2 aromatic heterocycles. The SMILES string of the molecule is C=CC(=O)N1C[C@H](C)N(c2nc(OCCN3CCCCC3)nc3c(F)c(-c4c(C)ccc5onc(N)c45)c(Cl)cc23)C[C@H]1C. The standard InChI is InChI=1S/C32H37ClFN7O3/c1-5-24(42)40-16-20(4)41(17-19(40)3)31-21-15-22(33)26(25-18(2)9-10-23-27(25)30(35)38-44-23)28(34)29(21)36-32(37-31)43-14-13-39-11-7-6-8-12-39/h5,9-10,15,19-20H,1,6-8,11-14,16-17H2,2-4H3,(H2,35,38)/t19-,20+/m1/s1. The maximum Gasteiger partial charge on any atom is 0.319 e. The normalized spacial score (nSPS) is 19.6. The minimum absolute atomic E-state index is 0.0817. The third-order valence-electron chi connectivity index (χ3n) is 8.77. The number of halogens is 2. The van der Waals surface area contributed by atoms with E-state index in [1.165, 1.54) is 25.3 Å². The number of carbonyl (C=O) groups excluding carboxylic acids is 1. The van der Waals surface area contributed by atoms with Crippen LogP contribution in [0.3, 0.4) is 0 Å². The maximum atomic E-state index is 16.9. The monoisotopic (exact) mass is 621 g/mol. The van der Waals surface area contributed by atoms with E-state index in [1.54, 1.807) is 17.0 Å². The van der Waals surface area contributed by atoms with Crippen molar-refractivity contribution in [1.29, 1.82) is 0 Å². The Balaban J connectivity index is 1.47. The van der Waals surface area contributed by atoms with Gasteiger partial charge in [-0.1, -0.05) is 35.8 Å². The van der Waals surface area contributed by atoms with Gasteiger partial charge in [0.05, 0.1) is 10.4 Å². The molecule has 10 nitrogen and oxygen atoms in total. The minimum atomic E-state index is -0.616. The number of aryl methyl sites for hydroxylation is 1. The van der Waals surface area contributed by atoms with Crippen molar-refractivity contribution in [3.63, 3.8) is 0 Å². The van der Waals surface area contributed by atoms with E-state index in [4.69, 9.17) is 31.6 Å². The highest BCUT2D eigenvalue weighted by atomic mass is 35.5. The molecule has 232 valence electrons. The fourth-order valence-corrected chi connectivity index (χ4v) is 6.74. The molecule has 2 saturated heterocycles. The van der Waals surface area contributed by atoms with E-state index in [1.807, 2.05) is 26.8 Å². The number of amides is 1. The third-order valence-corrected chi connectivity index (χ3v) is 9.07. The van der Waals surface area contributed by atoms with Crippen molar-refractivity contribution in [2.45, 2.75) is 52.1 Å². The minimum Gasteiger partial charge on any atom is -0.462 e. The van der Waals surface area contributed by atoms with Gasteiger partial charge in [0.15, 0.2) is 17.2 Å². The lowest BCUT2D eigenvalue weighted by molar-refractivity contribution is -0.128. The third kappa shape index (κ3) is 5.43. The smallest absolute Gasteiger partial charge is 0.319 e. The number of rotatable bonds is 7. The number of hydrogen-bond acceptors (Lipinski definition) is 9. The van der Waals surface area contributed by atoms with Crippen molar-refractivity contribution >= 4 is 51.0 Å². The van der Waals surface area contributed by atoms with Gasteiger partial charge < -0.3 is 24.8 Å². The number of benzene rings is 2. The molecular weight excluding hydrogens is 585 g/mol. The molecule has 2 atom stereocenters. The van der Waals surface area contributed by atoms with Crippen LogP contribution >= 0.6 is 11.6 Å². The quantitative estimate of drug-likeness (QED) is 0.264. The number of carbonyl (C=O) groups is 1. The van der Waals surface area contributed by atoms with E-state index in [0.717, 1.165) is 25.2 Å². The zero-order chi connectivity index (χ0) is 31.1. The van der Waals surface area contributed by atoms with Crippen LogP contribution in [0.4, 0.5) is 16.0 Å². The Morgan fingerprint density at radius 2 is 1.95 bits per heavy atom. The number of aromatic nitrogens is 3. The molecule has 4 heterocycles. The number of ether oxygens (including phenoxy) is 1. The van der Waals surface area contributed by atoms with Gasteiger partial charge in [-0.2, -0.15) is 9.97 Å². The van der Waals surface area contributed by atoms with E-state index in [2.05, 4.69) is 26.5 Å². The molecule has 44 heavy (non-hydrogen) atoms. The van der Waals surface area contributed by atoms with Crippen molar-refractivity contribution in [3.8, 4) is 17.1 Å². The molecular formula is C32H37ClFN7O3. The second-order valence-corrected chi connectivity index (χ2v) is 12.2. The van der Waals surface area contributed by atoms with Gasteiger partial charge >= 0.3 is 6.01 Å². The summed E-state index contributed by atoms with van der Waals surface area (Å²) >= 11 is 6.90. The molecule has 0 bridgehead atoms. The maximum absolute atomic E-state index is 16.9. The Bertz CT molecular complexity index is 1740. The van der Waals surface area contributed by atoms with E-state index in [9.17, 15) is 4.79 Å². The highest BCUT2D eigenvalue weighted by Gasteiger charge is 2.34. The molecule has 2 aliphatic rings. The predicted octanol–water partition coefficient (Wildman–Crippen LogP) is 5.60. The summed E-state index contributed by atoms with van der Waals surface area (Å²) in [7, 11) is 0. The molecule has 4 aromatic rings. The van der Waals surface area contributed by atoms with Gasteiger partial charge in [-0.15, -0.1) is 0 Å². The number of nitrogen functional groups attached to an aromatic ring is 1. The zero-order valence-corrected chi connectivity index (χ0v) is 26.0. The second kappa shape index (κ2) is 12.2. The molecule has 1 amide bonds. The van der Waals surface area contributed by atoms with Gasteiger partial charge in [-0.25, -0.2) is 4.39 Å². The Hall–Kier alpha value is -3.96. The highest BCUT2D eigenvalue weighted by Crippen LogP contribution is 2.44. The number of anilines is 2. The molecule has 2 fully saturated rings. The Morgan fingerprint density at radius 1 is 1.18 bits per heavy atom. The van der Waals surface area contributed by atoms with Crippen molar-refractivity contribution in [2.75, 3.05) is 50.0 Å². The molecule has 0 radical (unpaired) electrons. The Morgan fingerprint density at radius 3 is 2.70 bits per heavy atom. The van der Waals surface area contributed by atoms with Crippen molar-refractivity contribution < 1.29 is 18.4 Å². The van der Waals surface area contributed by atoms with Crippen LogP contribution in [-0.2, 0) is 4.79 Å². The number of piperazine rings is 1. The fourth-order valence-electron chi connectivity index (χ4n) is 6.45. The lowest BCUT2D eigenvalue weighted by atomic mass is 9.95. The molecule has 2 aliphatic heterocycles. The van der Waals surface area contributed by atoms with Gasteiger partial charge in [0.25, 0.3) is 0 Å². The Labute approximate surface area is 260 Å². The first-order valence-corrected chi connectivity index (χ1v) is 15.4. The largest absolute Gasteiger partial charge is 0.462 e. The van der Waals surface area contributed by atoms with Crippen LogP contribution in [0.2, 0.25) is 5.02 Å². The summed E-state index contributed by atoms with van der Waals surface area (Å²) in [6.07, 6.45) is 4.92.